The van der Waals surface area contributed by atoms with Crippen LogP contribution in [0.15, 0.2) is 53.4 Å². The summed E-state index contributed by atoms with van der Waals surface area (Å²) < 4.78 is 12.0. The van der Waals surface area contributed by atoms with Gasteiger partial charge in [0, 0.05) is 17.3 Å². The fourth-order valence-electron chi connectivity index (χ4n) is 1.93. The van der Waals surface area contributed by atoms with Crippen molar-refractivity contribution in [3.05, 3.63) is 64.7 Å². The number of rotatable bonds is 5. The highest BCUT2D eigenvalue weighted by Gasteiger charge is 2.14. The Morgan fingerprint density at radius 2 is 1.95 bits per heavy atom. The Morgan fingerprint density at radius 1 is 1.19 bits per heavy atom. The van der Waals surface area contributed by atoms with Crippen LogP contribution in [0.5, 0.6) is 0 Å². The number of hydrogen-bond donors (Lipinski definition) is 1. The molecule has 2 aromatic carbocycles. The molecular formula is C16H16ClNO2S. The van der Waals surface area contributed by atoms with Gasteiger partial charge in [-0.25, -0.2) is 0 Å². The van der Waals surface area contributed by atoms with Crippen molar-refractivity contribution in [3.63, 3.8) is 0 Å². The van der Waals surface area contributed by atoms with Gasteiger partial charge in [-0.1, -0.05) is 42.8 Å². The van der Waals surface area contributed by atoms with E-state index in [4.69, 9.17) is 11.6 Å². The lowest BCUT2D eigenvalue weighted by Crippen LogP contribution is -2.24. The van der Waals surface area contributed by atoms with Gasteiger partial charge in [0.1, 0.15) is 0 Å². The highest BCUT2D eigenvalue weighted by Crippen LogP contribution is 2.15. The molecule has 3 nitrogen and oxygen atoms in total. The summed E-state index contributed by atoms with van der Waals surface area (Å²) in [5.74, 6) is 0.255. The maximum atomic E-state index is 12.3. The molecule has 0 saturated heterocycles. The van der Waals surface area contributed by atoms with E-state index >= 15 is 0 Å². The third kappa shape index (κ3) is 4.16. The quantitative estimate of drug-likeness (QED) is 0.917. The van der Waals surface area contributed by atoms with E-state index in [1.54, 1.807) is 36.4 Å². The van der Waals surface area contributed by atoms with Crippen molar-refractivity contribution in [1.82, 2.24) is 5.32 Å². The predicted octanol–water partition coefficient (Wildman–Crippen LogP) is 3.40. The van der Waals surface area contributed by atoms with E-state index in [0.717, 1.165) is 5.56 Å². The fourth-order valence-corrected chi connectivity index (χ4v) is 3.09. The van der Waals surface area contributed by atoms with Crippen molar-refractivity contribution >= 4 is 28.3 Å². The maximum absolute atomic E-state index is 12.3. The summed E-state index contributed by atoms with van der Waals surface area (Å²) in [6, 6.07) is 14.3. The van der Waals surface area contributed by atoms with Crippen molar-refractivity contribution in [2.24, 2.45) is 0 Å². The Bertz CT molecular complexity index is 673. The van der Waals surface area contributed by atoms with Crippen LogP contribution in [0.25, 0.3) is 0 Å². The minimum absolute atomic E-state index is 0.229. The second kappa shape index (κ2) is 7.38. The molecule has 0 aliphatic heterocycles. The molecule has 0 spiro atoms. The lowest BCUT2D eigenvalue weighted by Gasteiger charge is -2.09. The Morgan fingerprint density at radius 3 is 2.67 bits per heavy atom. The van der Waals surface area contributed by atoms with Gasteiger partial charge in [-0.05, 0) is 29.8 Å². The van der Waals surface area contributed by atoms with E-state index < -0.39 is 10.8 Å². The minimum atomic E-state index is -1.16. The number of nitrogens with one attached hydrogen (secondary N) is 1. The Hall–Kier alpha value is -1.65. The van der Waals surface area contributed by atoms with Crippen LogP contribution in [0.4, 0.5) is 0 Å². The molecule has 0 aliphatic carbocycles. The van der Waals surface area contributed by atoms with Gasteiger partial charge in [-0.3, -0.25) is 9.00 Å². The molecule has 0 unspecified atom stereocenters. The van der Waals surface area contributed by atoms with E-state index in [-0.39, 0.29) is 5.91 Å². The fraction of sp³-hybridized carbons (Fsp3) is 0.188. The zero-order chi connectivity index (χ0) is 15.2. The van der Waals surface area contributed by atoms with Crippen molar-refractivity contribution in [2.45, 2.75) is 18.4 Å². The first kappa shape index (κ1) is 15.7. The van der Waals surface area contributed by atoms with Gasteiger partial charge in [0.15, 0.2) is 0 Å². The van der Waals surface area contributed by atoms with E-state index in [1.165, 1.54) is 0 Å². The minimum Gasteiger partial charge on any atom is -0.348 e. The lowest BCUT2D eigenvalue weighted by molar-refractivity contribution is 0.0948. The lowest BCUT2D eigenvalue weighted by atomic mass is 10.2. The van der Waals surface area contributed by atoms with Crippen molar-refractivity contribution in [1.29, 1.82) is 0 Å². The maximum Gasteiger partial charge on any atom is 0.252 e. The zero-order valence-corrected chi connectivity index (χ0v) is 13.2. The van der Waals surface area contributed by atoms with Crippen LogP contribution >= 0.6 is 11.6 Å². The monoisotopic (exact) mass is 321 g/mol. The number of hydrogen-bond acceptors (Lipinski definition) is 2. The molecule has 0 saturated carbocycles. The molecule has 0 heterocycles. The number of carbonyl (C=O) groups is 1. The van der Waals surface area contributed by atoms with Gasteiger partial charge in [-0.2, -0.15) is 0 Å². The van der Waals surface area contributed by atoms with Gasteiger partial charge in [0.2, 0.25) is 0 Å². The summed E-state index contributed by atoms with van der Waals surface area (Å²) >= 11 is 5.91. The van der Waals surface area contributed by atoms with E-state index in [0.29, 0.717) is 27.8 Å². The first-order chi connectivity index (χ1) is 10.1. The number of carbonyl (C=O) groups excluding carboxylic acids is 1. The summed E-state index contributed by atoms with van der Waals surface area (Å²) in [6.45, 7) is 2.21. The molecule has 0 aromatic heterocycles. The third-order valence-corrected chi connectivity index (χ3v) is 4.59. The van der Waals surface area contributed by atoms with Gasteiger partial charge in [0.05, 0.1) is 21.3 Å². The summed E-state index contributed by atoms with van der Waals surface area (Å²) in [7, 11) is -1.16. The molecule has 1 amide bonds. The van der Waals surface area contributed by atoms with Crippen LogP contribution in [0.3, 0.4) is 0 Å². The highest BCUT2D eigenvalue weighted by molar-refractivity contribution is 7.85. The SMILES string of the molecule is CC[S@@](=O)c1ccccc1C(=O)NCc1cccc(Cl)c1. The second-order valence-electron chi connectivity index (χ2n) is 4.44. The Labute approximate surface area is 131 Å². The predicted molar refractivity (Wildman–Crippen MR) is 86.0 cm³/mol. The van der Waals surface area contributed by atoms with Gasteiger partial charge >= 0.3 is 0 Å². The van der Waals surface area contributed by atoms with Gasteiger partial charge in [-0.15, -0.1) is 0 Å². The molecule has 1 atom stereocenters. The van der Waals surface area contributed by atoms with Gasteiger partial charge in [0.25, 0.3) is 5.91 Å². The average molecular weight is 322 g/mol. The van der Waals surface area contributed by atoms with Crippen LogP contribution in [0, 0.1) is 0 Å². The normalized spacial score (nSPS) is 11.9. The van der Waals surface area contributed by atoms with Crippen LogP contribution < -0.4 is 5.32 Å². The summed E-state index contributed by atoms with van der Waals surface area (Å²) in [5.41, 5.74) is 1.38. The topological polar surface area (TPSA) is 46.2 Å². The van der Waals surface area contributed by atoms with E-state index in [1.807, 2.05) is 19.1 Å². The molecule has 0 fully saturated rings. The van der Waals surface area contributed by atoms with Gasteiger partial charge < -0.3 is 5.32 Å². The number of benzene rings is 2. The molecule has 0 radical (unpaired) electrons. The summed E-state index contributed by atoms with van der Waals surface area (Å²) in [6.07, 6.45) is 0. The first-order valence-electron chi connectivity index (χ1n) is 6.62. The van der Waals surface area contributed by atoms with E-state index in [9.17, 15) is 9.00 Å². The molecule has 1 N–H and O–H groups in total. The van der Waals surface area contributed by atoms with Crippen molar-refractivity contribution in [3.8, 4) is 0 Å². The highest BCUT2D eigenvalue weighted by atomic mass is 35.5. The number of halogens is 1. The molecule has 5 heteroatoms. The molecule has 21 heavy (non-hydrogen) atoms. The van der Waals surface area contributed by atoms with Crippen LogP contribution in [0.1, 0.15) is 22.8 Å². The smallest absolute Gasteiger partial charge is 0.252 e. The third-order valence-electron chi connectivity index (χ3n) is 2.98. The second-order valence-corrected chi connectivity index (χ2v) is 6.59. The molecule has 110 valence electrons. The zero-order valence-electron chi connectivity index (χ0n) is 11.6. The van der Waals surface area contributed by atoms with Crippen LogP contribution in [-0.4, -0.2) is 15.9 Å². The van der Waals surface area contributed by atoms with Crippen molar-refractivity contribution in [2.75, 3.05) is 5.75 Å². The number of amides is 1. The molecular weight excluding hydrogens is 306 g/mol. The largest absolute Gasteiger partial charge is 0.348 e. The summed E-state index contributed by atoms with van der Waals surface area (Å²) in [4.78, 5) is 12.8. The van der Waals surface area contributed by atoms with Crippen LogP contribution in [-0.2, 0) is 17.3 Å². The Balaban J connectivity index is 2.12. The summed E-state index contributed by atoms with van der Waals surface area (Å²) in [5, 5.41) is 3.46. The Kier molecular flexibility index (Phi) is 5.53. The molecule has 2 aromatic rings. The molecule has 2 rings (SSSR count). The molecule has 0 bridgehead atoms. The van der Waals surface area contributed by atoms with Crippen molar-refractivity contribution < 1.29 is 9.00 Å². The van der Waals surface area contributed by atoms with Crippen LogP contribution in [0.2, 0.25) is 5.02 Å². The standard InChI is InChI=1S/C16H16ClNO2S/c1-2-21(20)15-9-4-3-8-14(15)16(19)18-11-12-6-5-7-13(17)10-12/h3-10H,2,11H2,1H3,(H,18,19)/t21-/m1/s1. The molecule has 0 aliphatic rings. The average Bonchev–Trinajstić information content (AvgIpc) is 2.52. The van der Waals surface area contributed by atoms with E-state index in [2.05, 4.69) is 5.32 Å². The first-order valence-corrected chi connectivity index (χ1v) is 8.31.